The van der Waals surface area contributed by atoms with Gasteiger partial charge >= 0.3 is 0 Å². The summed E-state index contributed by atoms with van der Waals surface area (Å²) in [6, 6.07) is 9.56. The maximum atomic E-state index is 10.2. The van der Waals surface area contributed by atoms with Gasteiger partial charge in [-0.15, -0.1) is 0 Å². The molecule has 1 unspecified atom stereocenters. The smallest absolute Gasteiger partial charge is 0.216 e. The first-order valence-corrected chi connectivity index (χ1v) is 7.51. The normalized spacial score (nSPS) is 13.5. The van der Waals surface area contributed by atoms with E-state index in [0.717, 1.165) is 5.56 Å². The average Bonchev–Trinajstić information content (AvgIpc) is 2.52. The van der Waals surface area contributed by atoms with Crippen LogP contribution in [0.25, 0.3) is 0 Å². The third-order valence-corrected chi connectivity index (χ3v) is 2.91. The van der Waals surface area contributed by atoms with E-state index in [0.29, 0.717) is 32.0 Å². The Hall–Kier alpha value is -1.36. The van der Waals surface area contributed by atoms with Crippen LogP contribution in [0.3, 0.4) is 0 Å². The number of ether oxygens (including phenoxy) is 3. The van der Waals surface area contributed by atoms with Gasteiger partial charge in [-0.25, -0.2) is 0 Å². The summed E-state index contributed by atoms with van der Waals surface area (Å²) in [5.41, 5.74) is 0.883. The Labute approximate surface area is 127 Å². The number of rotatable bonds is 10. The van der Waals surface area contributed by atoms with E-state index in [-0.39, 0.29) is 0 Å². The maximum absolute atomic E-state index is 10.2. The van der Waals surface area contributed by atoms with Crippen LogP contribution in [0.4, 0.5) is 0 Å². The van der Waals surface area contributed by atoms with Crippen LogP contribution in [-0.2, 0) is 14.2 Å². The predicted molar refractivity (Wildman–Crippen MR) is 82.8 cm³/mol. The summed E-state index contributed by atoms with van der Waals surface area (Å²) in [5.74, 6) is 0.621. The lowest BCUT2D eigenvalue weighted by molar-refractivity contribution is -0.136. The van der Waals surface area contributed by atoms with Crippen molar-refractivity contribution >= 4 is 0 Å². The summed E-state index contributed by atoms with van der Waals surface area (Å²) in [4.78, 5) is 0. The molecule has 1 rings (SSSR count). The van der Waals surface area contributed by atoms with Gasteiger partial charge in [0.05, 0.1) is 12.7 Å². The van der Waals surface area contributed by atoms with Gasteiger partial charge in [-0.1, -0.05) is 30.3 Å². The SMILES string of the molecule is CCO/C(=C\CC(O)c1ccccc1)C(OCC)OCC. The second kappa shape index (κ2) is 10.4. The van der Waals surface area contributed by atoms with Crippen LogP contribution in [0.15, 0.2) is 42.2 Å². The van der Waals surface area contributed by atoms with E-state index < -0.39 is 12.4 Å². The molecule has 1 aromatic rings. The Bertz CT molecular complexity index is 397. The molecular weight excluding hydrogens is 268 g/mol. The fourth-order valence-electron chi connectivity index (χ4n) is 1.94. The molecule has 0 amide bonds. The summed E-state index contributed by atoms with van der Waals surface area (Å²) in [6.45, 7) is 7.34. The molecule has 4 heteroatoms. The quantitative estimate of drug-likeness (QED) is 0.530. The molecule has 21 heavy (non-hydrogen) atoms. The highest BCUT2D eigenvalue weighted by Crippen LogP contribution is 2.20. The van der Waals surface area contributed by atoms with E-state index >= 15 is 0 Å². The minimum absolute atomic E-state index is 0.454. The third-order valence-electron chi connectivity index (χ3n) is 2.91. The van der Waals surface area contributed by atoms with Crippen LogP contribution in [-0.4, -0.2) is 31.2 Å². The van der Waals surface area contributed by atoms with Gasteiger partial charge < -0.3 is 19.3 Å². The van der Waals surface area contributed by atoms with Gasteiger partial charge in [0.2, 0.25) is 6.29 Å². The maximum Gasteiger partial charge on any atom is 0.216 e. The first kappa shape index (κ1) is 17.7. The Morgan fingerprint density at radius 2 is 1.67 bits per heavy atom. The lowest BCUT2D eigenvalue weighted by Gasteiger charge is -2.20. The van der Waals surface area contributed by atoms with E-state index in [1.807, 2.05) is 57.2 Å². The minimum Gasteiger partial charge on any atom is -0.493 e. The van der Waals surface area contributed by atoms with Gasteiger partial charge in [0.15, 0.2) is 0 Å². The molecule has 0 spiro atoms. The van der Waals surface area contributed by atoms with E-state index in [1.165, 1.54) is 0 Å². The van der Waals surface area contributed by atoms with Crippen molar-refractivity contribution in [2.24, 2.45) is 0 Å². The molecular formula is C17H26O4. The number of benzene rings is 1. The van der Waals surface area contributed by atoms with Crippen molar-refractivity contribution in [1.29, 1.82) is 0 Å². The van der Waals surface area contributed by atoms with E-state index in [1.54, 1.807) is 0 Å². The molecule has 0 fully saturated rings. The molecule has 0 bridgehead atoms. The average molecular weight is 294 g/mol. The zero-order valence-corrected chi connectivity index (χ0v) is 13.1. The minimum atomic E-state index is -0.564. The molecule has 0 radical (unpaired) electrons. The highest BCUT2D eigenvalue weighted by Gasteiger charge is 2.16. The molecule has 0 aromatic heterocycles. The van der Waals surface area contributed by atoms with Gasteiger partial charge in [0.1, 0.15) is 5.76 Å². The Morgan fingerprint density at radius 1 is 1.05 bits per heavy atom. The Kier molecular flexibility index (Phi) is 8.74. The zero-order valence-electron chi connectivity index (χ0n) is 13.1. The lowest BCUT2D eigenvalue weighted by Crippen LogP contribution is -2.22. The number of hydrogen-bond acceptors (Lipinski definition) is 4. The Morgan fingerprint density at radius 3 is 2.19 bits per heavy atom. The van der Waals surface area contributed by atoms with Crippen molar-refractivity contribution < 1.29 is 19.3 Å². The van der Waals surface area contributed by atoms with Crippen molar-refractivity contribution in [3.8, 4) is 0 Å². The molecule has 0 aliphatic carbocycles. The van der Waals surface area contributed by atoms with Gasteiger partial charge in [-0.2, -0.15) is 0 Å². The Balaban J connectivity index is 2.73. The lowest BCUT2D eigenvalue weighted by atomic mass is 10.1. The zero-order chi connectivity index (χ0) is 15.5. The van der Waals surface area contributed by atoms with Crippen molar-refractivity contribution in [3.05, 3.63) is 47.7 Å². The molecule has 0 aliphatic heterocycles. The van der Waals surface area contributed by atoms with Crippen LogP contribution >= 0.6 is 0 Å². The van der Waals surface area contributed by atoms with Crippen molar-refractivity contribution in [2.45, 2.75) is 39.6 Å². The van der Waals surface area contributed by atoms with Gasteiger partial charge in [0.25, 0.3) is 0 Å². The van der Waals surface area contributed by atoms with Crippen molar-refractivity contribution in [3.63, 3.8) is 0 Å². The summed E-state index contributed by atoms with van der Waals surface area (Å²) >= 11 is 0. The van der Waals surface area contributed by atoms with E-state index in [4.69, 9.17) is 14.2 Å². The fourth-order valence-corrected chi connectivity index (χ4v) is 1.94. The standard InChI is InChI=1S/C17H26O4/c1-4-19-16(17(20-5-2)21-6-3)13-12-15(18)14-10-8-7-9-11-14/h7-11,13,15,17-18H,4-6,12H2,1-3H3/b16-13-. The van der Waals surface area contributed by atoms with Gasteiger partial charge in [0, 0.05) is 13.2 Å². The second-order valence-corrected chi connectivity index (χ2v) is 4.44. The van der Waals surface area contributed by atoms with Crippen LogP contribution in [0.1, 0.15) is 38.9 Å². The van der Waals surface area contributed by atoms with Crippen LogP contribution in [0, 0.1) is 0 Å². The predicted octanol–water partition coefficient (Wildman–Crippen LogP) is 3.43. The monoisotopic (exact) mass is 294 g/mol. The fraction of sp³-hybridized carbons (Fsp3) is 0.529. The molecule has 1 aromatic carbocycles. The van der Waals surface area contributed by atoms with E-state index in [9.17, 15) is 5.11 Å². The highest BCUT2D eigenvalue weighted by atomic mass is 16.7. The molecule has 0 aliphatic rings. The van der Waals surface area contributed by atoms with E-state index in [2.05, 4.69) is 0 Å². The van der Waals surface area contributed by atoms with Crippen LogP contribution < -0.4 is 0 Å². The summed E-state index contributed by atoms with van der Waals surface area (Å²) in [5, 5.41) is 10.2. The molecule has 0 saturated carbocycles. The molecule has 118 valence electrons. The van der Waals surface area contributed by atoms with Crippen LogP contribution in [0.5, 0.6) is 0 Å². The topological polar surface area (TPSA) is 47.9 Å². The molecule has 0 saturated heterocycles. The molecule has 1 atom stereocenters. The first-order chi connectivity index (χ1) is 10.2. The molecule has 0 heterocycles. The largest absolute Gasteiger partial charge is 0.493 e. The summed E-state index contributed by atoms with van der Waals surface area (Å²) in [6.07, 6.45) is 1.22. The van der Waals surface area contributed by atoms with Crippen molar-refractivity contribution in [1.82, 2.24) is 0 Å². The third kappa shape index (κ3) is 6.29. The summed E-state index contributed by atoms with van der Waals surface area (Å²) in [7, 11) is 0. The first-order valence-electron chi connectivity index (χ1n) is 7.51. The second-order valence-electron chi connectivity index (χ2n) is 4.44. The molecule has 4 nitrogen and oxygen atoms in total. The molecule has 1 N–H and O–H groups in total. The van der Waals surface area contributed by atoms with Gasteiger partial charge in [-0.05, 0) is 38.8 Å². The van der Waals surface area contributed by atoms with Crippen molar-refractivity contribution in [2.75, 3.05) is 19.8 Å². The highest BCUT2D eigenvalue weighted by molar-refractivity contribution is 5.18. The summed E-state index contributed by atoms with van der Waals surface area (Å²) < 4.78 is 16.7. The van der Waals surface area contributed by atoms with Gasteiger partial charge in [-0.3, -0.25) is 0 Å². The number of aliphatic hydroxyl groups excluding tert-OH is 1. The number of hydrogen-bond donors (Lipinski definition) is 1. The van der Waals surface area contributed by atoms with Crippen LogP contribution in [0.2, 0.25) is 0 Å². The number of aliphatic hydroxyl groups is 1.